The molecule has 2 amide bonds. The molecule has 1 heterocycles. The van der Waals surface area contributed by atoms with Crippen LogP contribution in [0.5, 0.6) is 0 Å². The summed E-state index contributed by atoms with van der Waals surface area (Å²) in [7, 11) is 0. The van der Waals surface area contributed by atoms with Crippen molar-refractivity contribution in [3.8, 4) is 5.69 Å². The third-order valence-corrected chi connectivity index (χ3v) is 4.36. The van der Waals surface area contributed by atoms with Crippen LogP contribution in [-0.2, 0) is 17.6 Å². The molecule has 6 nitrogen and oxygen atoms in total. The molecule has 0 radical (unpaired) electrons. The Bertz CT molecular complexity index is 875. The highest BCUT2D eigenvalue weighted by Gasteiger charge is 2.28. The van der Waals surface area contributed by atoms with Gasteiger partial charge in [0.05, 0.1) is 12.2 Å². The highest BCUT2D eigenvalue weighted by Crippen LogP contribution is 2.27. The maximum atomic E-state index is 13.2. The first-order valence-corrected chi connectivity index (χ1v) is 8.73. The second-order valence-electron chi connectivity index (χ2n) is 6.44. The van der Waals surface area contributed by atoms with E-state index < -0.39 is 36.9 Å². The summed E-state index contributed by atoms with van der Waals surface area (Å²) in [4.78, 5) is 24.0. The zero-order chi connectivity index (χ0) is 20.3. The maximum Gasteiger partial charge on any atom is 0.405 e. The van der Waals surface area contributed by atoms with Crippen LogP contribution in [0.4, 0.5) is 17.6 Å². The van der Waals surface area contributed by atoms with Crippen LogP contribution in [0.3, 0.4) is 0 Å². The largest absolute Gasteiger partial charge is 0.405 e. The lowest BCUT2D eigenvalue weighted by Gasteiger charge is -2.14. The molecule has 1 aliphatic rings. The van der Waals surface area contributed by atoms with Crippen molar-refractivity contribution in [3.05, 3.63) is 47.0 Å². The van der Waals surface area contributed by atoms with Crippen LogP contribution in [-0.4, -0.2) is 40.9 Å². The summed E-state index contributed by atoms with van der Waals surface area (Å²) in [5, 5.41) is 8.32. The number of fused-ring (bicyclic) bond motifs is 1. The molecule has 0 bridgehead atoms. The van der Waals surface area contributed by atoms with Gasteiger partial charge in [0.2, 0.25) is 5.91 Å². The number of carbonyl (C=O) groups is 2. The van der Waals surface area contributed by atoms with Crippen molar-refractivity contribution < 1.29 is 27.2 Å². The van der Waals surface area contributed by atoms with Crippen LogP contribution < -0.4 is 10.6 Å². The number of carbonyl (C=O) groups excluding carboxylic acids is 2. The molecular weight excluding hydrogens is 380 g/mol. The molecule has 28 heavy (non-hydrogen) atoms. The average molecular weight is 398 g/mol. The second-order valence-corrected chi connectivity index (χ2v) is 6.44. The Balaban J connectivity index is 1.75. The fourth-order valence-corrected chi connectivity index (χ4v) is 3.08. The van der Waals surface area contributed by atoms with Crippen LogP contribution in [0, 0.1) is 5.82 Å². The molecule has 150 valence electrons. The molecule has 0 fully saturated rings. The fourth-order valence-electron chi connectivity index (χ4n) is 3.08. The number of hydrogen-bond donors (Lipinski definition) is 2. The molecule has 2 N–H and O–H groups in total. The quantitative estimate of drug-likeness (QED) is 0.759. The maximum absolute atomic E-state index is 13.2. The number of halogens is 4. The number of aromatic nitrogens is 2. The highest BCUT2D eigenvalue weighted by atomic mass is 19.4. The van der Waals surface area contributed by atoms with Crippen LogP contribution in [0.1, 0.15) is 34.6 Å². The molecule has 0 aliphatic heterocycles. The van der Waals surface area contributed by atoms with E-state index in [2.05, 4.69) is 10.4 Å². The molecule has 0 spiro atoms. The lowest BCUT2D eigenvalue weighted by Crippen LogP contribution is -2.41. The third kappa shape index (κ3) is 4.68. The van der Waals surface area contributed by atoms with E-state index in [1.807, 2.05) is 0 Å². The second kappa shape index (κ2) is 7.99. The molecule has 3 rings (SSSR count). The Morgan fingerprint density at radius 1 is 1.07 bits per heavy atom. The Morgan fingerprint density at radius 3 is 2.43 bits per heavy atom. The van der Waals surface area contributed by atoms with E-state index in [-0.39, 0.29) is 5.69 Å². The normalized spacial score (nSPS) is 13.7. The van der Waals surface area contributed by atoms with Crippen LogP contribution in [0.2, 0.25) is 0 Å². The van der Waals surface area contributed by atoms with Crippen molar-refractivity contribution in [2.75, 3.05) is 13.1 Å². The molecule has 10 heteroatoms. The summed E-state index contributed by atoms with van der Waals surface area (Å²) >= 11 is 0. The number of hydrogen-bond acceptors (Lipinski definition) is 3. The molecule has 1 aromatic heterocycles. The van der Waals surface area contributed by atoms with Gasteiger partial charge in [-0.2, -0.15) is 18.3 Å². The van der Waals surface area contributed by atoms with Gasteiger partial charge < -0.3 is 10.6 Å². The summed E-state index contributed by atoms with van der Waals surface area (Å²) < 4.78 is 51.1. The van der Waals surface area contributed by atoms with Crippen molar-refractivity contribution >= 4 is 11.8 Å². The third-order valence-electron chi connectivity index (χ3n) is 4.36. The molecule has 0 unspecified atom stereocenters. The van der Waals surface area contributed by atoms with E-state index in [1.54, 1.807) is 22.1 Å². The predicted octanol–water partition coefficient (Wildman–Crippen LogP) is 2.30. The lowest BCUT2D eigenvalue weighted by molar-refractivity contribution is -0.137. The summed E-state index contributed by atoms with van der Waals surface area (Å²) in [6, 6.07) is 5.67. The van der Waals surface area contributed by atoms with Gasteiger partial charge in [0.15, 0.2) is 5.69 Å². The predicted molar refractivity (Wildman–Crippen MR) is 91.6 cm³/mol. The van der Waals surface area contributed by atoms with E-state index in [1.165, 1.54) is 12.1 Å². The van der Waals surface area contributed by atoms with Crippen molar-refractivity contribution in [1.29, 1.82) is 0 Å². The van der Waals surface area contributed by atoms with Crippen molar-refractivity contribution in [1.82, 2.24) is 20.4 Å². The molecule has 1 aromatic carbocycles. The molecule has 1 aliphatic carbocycles. The van der Waals surface area contributed by atoms with Gasteiger partial charge >= 0.3 is 6.18 Å². The lowest BCUT2D eigenvalue weighted by atomic mass is 9.95. The zero-order valence-electron chi connectivity index (χ0n) is 14.8. The van der Waals surface area contributed by atoms with Gasteiger partial charge in [-0.1, -0.05) is 0 Å². The smallest absolute Gasteiger partial charge is 0.345 e. The highest BCUT2D eigenvalue weighted by molar-refractivity contribution is 5.96. The van der Waals surface area contributed by atoms with Crippen molar-refractivity contribution in [2.24, 2.45) is 0 Å². The minimum absolute atomic E-state index is 0.127. The fraction of sp³-hybridized carbons (Fsp3) is 0.389. The monoisotopic (exact) mass is 398 g/mol. The minimum Gasteiger partial charge on any atom is -0.345 e. The molecule has 0 saturated carbocycles. The van der Waals surface area contributed by atoms with Gasteiger partial charge in [0, 0.05) is 11.3 Å². The van der Waals surface area contributed by atoms with E-state index in [4.69, 9.17) is 0 Å². The van der Waals surface area contributed by atoms with E-state index in [0.717, 1.165) is 24.1 Å². The van der Waals surface area contributed by atoms with Gasteiger partial charge in [-0.25, -0.2) is 9.07 Å². The Labute approximate surface area is 157 Å². The van der Waals surface area contributed by atoms with E-state index in [9.17, 15) is 27.2 Å². The summed E-state index contributed by atoms with van der Waals surface area (Å²) in [6.45, 7) is -2.05. The zero-order valence-corrected chi connectivity index (χ0v) is 14.8. The van der Waals surface area contributed by atoms with Crippen LogP contribution in [0.15, 0.2) is 24.3 Å². The Kier molecular flexibility index (Phi) is 5.66. The van der Waals surface area contributed by atoms with Crippen molar-refractivity contribution in [3.63, 3.8) is 0 Å². The van der Waals surface area contributed by atoms with Crippen LogP contribution in [0.25, 0.3) is 5.69 Å². The van der Waals surface area contributed by atoms with Crippen molar-refractivity contribution in [2.45, 2.75) is 31.9 Å². The van der Waals surface area contributed by atoms with Gasteiger partial charge in [-0.15, -0.1) is 0 Å². The number of amides is 2. The first-order valence-electron chi connectivity index (χ1n) is 8.73. The molecule has 0 saturated heterocycles. The Hall–Kier alpha value is -2.91. The number of benzene rings is 1. The minimum atomic E-state index is -4.52. The van der Waals surface area contributed by atoms with Gasteiger partial charge in [0.25, 0.3) is 5.91 Å². The number of nitrogens with zero attached hydrogens (tertiary/aromatic N) is 2. The SMILES string of the molecule is O=C(CNC(=O)c1nn(-c2ccc(F)cc2)c2c1CCCC2)NCC(F)(F)F. The summed E-state index contributed by atoms with van der Waals surface area (Å²) in [5.74, 6) is -1.98. The van der Waals surface area contributed by atoms with E-state index in [0.29, 0.717) is 18.5 Å². The van der Waals surface area contributed by atoms with Crippen LogP contribution >= 0.6 is 0 Å². The first kappa shape index (κ1) is 19.8. The van der Waals surface area contributed by atoms with Gasteiger partial charge in [0.1, 0.15) is 12.4 Å². The molecule has 2 aromatic rings. The molecule has 0 atom stereocenters. The number of alkyl halides is 3. The van der Waals surface area contributed by atoms with Gasteiger partial charge in [-0.3, -0.25) is 9.59 Å². The summed E-state index contributed by atoms with van der Waals surface area (Å²) in [6.07, 6.45) is -1.42. The average Bonchev–Trinajstić information content (AvgIpc) is 3.04. The Morgan fingerprint density at radius 2 is 1.75 bits per heavy atom. The number of rotatable bonds is 5. The molecular formula is C18H18F4N4O2. The van der Waals surface area contributed by atoms with Gasteiger partial charge in [-0.05, 0) is 49.9 Å². The van der Waals surface area contributed by atoms with E-state index >= 15 is 0 Å². The standard InChI is InChI=1S/C18H18F4N4O2/c19-11-5-7-12(8-6-11)26-14-4-2-1-3-13(14)16(25-26)17(28)23-9-15(27)24-10-18(20,21)22/h5-8H,1-4,9-10H2,(H,23,28)(H,24,27). The summed E-state index contributed by atoms with van der Waals surface area (Å²) in [5.41, 5.74) is 2.30. The topological polar surface area (TPSA) is 76.0 Å². The number of nitrogens with one attached hydrogen (secondary N) is 2. The first-order chi connectivity index (χ1) is 13.2.